The van der Waals surface area contributed by atoms with Crippen LogP contribution in [0, 0.1) is 11.8 Å². The Morgan fingerprint density at radius 3 is 1.44 bits per heavy atom. The van der Waals surface area contributed by atoms with E-state index in [2.05, 4.69) is 16.0 Å². The van der Waals surface area contributed by atoms with Crippen molar-refractivity contribution in [3.05, 3.63) is 120 Å². The van der Waals surface area contributed by atoms with Crippen LogP contribution in [0.4, 0.5) is 21.0 Å². The molecule has 2 saturated heterocycles. The lowest BCUT2D eigenvalue weighted by Gasteiger charge is -2.30. The first-order valence-electron chi connectivity index (χ1n) is 26.1. The molecule has 3 amide bonds. The van der Waals surface area contributed by atoms with E-state index >= 15 is 0 Å². The molecule has 0 bridgehead atoms. The molecule has 0 saturated carbocycles. The zero-order chi connectivity index (χ0) is 56.7. The molecule has 2 aliphatic heterocycles. The number of amides is 3. The van der Waals surface area contributed by atoms with E-state index in [1.165, 1.54) is 64.3 Å². The highest BCUT2D eigenvalue weighted by atomic mass is 32.2. The highest BCUT2D eigenvalue weighted by molar-refractivity contribution is 7.89. The van der Waals surface area contributed by atoms with Crippen LogP contribution in [0.15, 0.2) is 119 Å². The van der Waals surface area contributed by atoms with Crippen LogP contribution in [0.2, 0.25) is 0 Å². The average Bonchev–Trinajstić information content (AvgIpc) is 4.15. The second-order valence-electron chi connectivity index (χ2n) is 19.9. The first-order valence-corrected chi connectivity index (χ1v) is 29.0. The Morgan fingerprint density at radius 1 is 0.628 bits per heavy atom. The highest BCUT2D eigenvalue weighted by Gasteiger charge is 2.34. The van der Waals surface area contributed by atoms with Gasteiger partial charge in [-0.3, -0.25) is 4.79 Å². The van der Waals surface area contributed by atoms with Crippen molar-refractivity contribution in [1.29, 1.82) is 0 Å². The standard InChI is InChI=1S/C30H43N3O9S.C25H35N3O6S/c1-22(2)18-33(43(37,38)26-11-9-24(10-12-26)31-29(35)21-41-16-15-39-3)19-28(34)27(17-23-7-5-4-6-8-23)32-30(36)42-25-13-14-40-20-25;1-18(2)15-28(35(31,32)22-10-8-20(26)9-11-22)16-24(29)23(14-19-6-4-3-5-7-19)27-25(30)34-21-12-13-33-17-21/h4-12,22,25,27-28,34H,13-21H2,1-3H3,(H,31,35)(H,32,36);3-11,18,21,23-24,29H,12-17,26H2,1-2H3,(H,27,30)/t25?,27-,28?;21-,23-,24+/m00/s1. The number of nitrogens with zero attached hydrogens (tertiary/aromatic N) is 2. The van der Waals surface area contributed by atoms with E-state index in [9.17, 15) is 41.4 Å². The van der Waals surface area contributed by atoms with Crippen molar-refractivity contribution in [2.45, 2.75) is 99.7 Å². The van der Waals surface area contributed by atoms with Gasteiger partial charge in [0.1, 0.15) is 18.8 Å². The van der Waals surface area contributed by atoms with Gasteiger partial charge in [0.25, 0.3) is 0 Å². The summed E-state index contributed by atoms with van der Waals surface area (Å²) in [5.74, 6) is -0.419. The van der Waals surface area contributed by atoms with E-state index in [0.717, 1.165) is 11.1 Å². The third kappa shape index (κ3) is 21.1. The van der Waals surface area contributed by atoms with Gasteiger partial charge in [-0.15, -0.1) is 0 Å². The molecule has 21 nitrogen and oxygen atoms in total. The molecule has 2 unspecified atom stereocenters. The quantitative estimate of drug-likeness (QED) is 0.0328. The fraction of sp³-hybridized carbons (Fsp3) is 0.509. The van der Waals surface area contributed by atoms with Crippen molar-refractivity contribution in [3.8, 4) is 0 Å². The lowest BCUT2D eigenvalue weighted by atomic mass is 10.0. The second-order valence-corrected chi connectivity index (χ2v) is 23.8. The molecule has 7 N–H and O–H groups in total. The molecule has 6 atom stereocenters. The van der Waals surface area contributed by atoms with Crippen LogP contribution in [-0.2, 0) is 66.1 Å². The van der Waals surface area contributed by atoms with Gasteiger partial charge in [0.15, 0.2) is 0 Å². The monoisotopic (exact) mass is 1130 g/mol. The number of benzene rings is 4. The molecular formula is C55H78N6O15S2. The number of ether oxygens (including phenoxy) is 6. The maximum absolute atomic E-state index is 13.7. The number of aliphatic hydroxyl groups is 2. The third-order valence-electron chi connectivity index (χ3n) is 12.3. The minimum absolute atomic E-state index is 0.00269. The number of alkyl carbamates (subject to hydrolysis) is 2. The third-order valence-corrected chi connectivity index (χ3v) is 16.0. The number of nitrogens with two attached hydrogens (primary N) is 1. The van der Waals surface area contributed by atoms with Gasteiger partial charge in [0.2, 0.25) is 26.0 Å². The van der Waals surface area contributed by atoms with Crippen LogP contribution in [0.1, 0.15) is 51.7 Å². The normalized spacial score (nSPS) is 17.2. The summed E-state index contributed by atoms with van der Waals surface area (Å²) in [4.78, 5) is 37.5. The first-order chi connectivity index (χ1) is 37.2. The smallest absolute Gasteiger partial charge is 0.407 e. The molecule has 6 rings (SSSR count). The van der Waals surface area contributed by atoms with E-state index in [1.807, 2.05) is 88.4 Å². The molecule has 2 heterocycles. The molecule has 0 aliphatic carbocycles. The molecular weight excluding hydrogens is 1050 g/mol. The number of sulfonamides is 2. The summed E-state index contributed by atoms with van der Waals surface area (Å²) >= 11 is 0. The molecule has 0 spiro atoms. The summed E-state index contributed by atoms with van der Waals surface area (Å²) in [6.45, 7) is 9.59. The fourth-order valence-electron chi connectivity index (χ4n) is 8.37. The molecule has 0 aromatic heterocycles. The van der Waals surface area contributed by atoms with Crippen molar-refractivity contribution in [2.75, 3.05) is 90.6 Å². The number of carbonyl (C=O) groups excluding carboxylic acids is 3. The second kappa shape index (κ2) is 31.8. The van der Waals surface area contributed by atoms with Gasteiger partial charge in [0.05, 0.1) is 73.7 Å². The summed E-state index contributed by atoms with van der Waals surface area (Å²) < 4.78 is 88.2. The van der Waals surface area contributed by atoms with Crippen molar-refractivity contribution >= 4 is 49.5 Å². The number of hydrogen-bond donors (Lipinski definition) is 6. The average molecular weight is 1130 g/mol. The van der Waals surface area contributed by atoms with E-state index in [1.54, 1.807) is 0 Å². The van der Waals surface area contributed by atoms with Gasteiger partial charge in [-0.25, -0.2) is 26.4 Å². The van der Waals surface area contributed by atoms with Crippen molar-refractivity contribution in [2.24, 2.45) is 11.8 Å². The Kier molecular flexibility index (Phi) is 25.7. The zero-order valence-corrected chi connectivity index (χ0v) is 46.7. The number of anilines is 2. The Balaban J connectivity index is 0.000000293. The van der Waals surface area contributed by atoms with Crippen molar-refractivity contribution in [3.63, 3.8) is 0 Å². The molecule has 2 aliphatic rings. The van der Waals surface area contributed by atoms with Gasteiger partial charge >= 0.3 is 12.2 Å². The summed E-state index contributed by atoms with van der Waals surface area (Å²) in [5, 5.41) is 30.7. The number of aliphatic hydroxyl groups excluding tert-OH is 2. The van der Waals surface area contributed by atoms with Crippen LogP contribution in [0.3, 0.4) is 0 Å². The lowest BCUT2D eigenvalue weighted by molar-refractivity contribution is -0.121. The summed E-state index contributed by atoms with van der Waals surface area (Å²) in [7, 11) is -6.42. The Bertz CT molecular complexity index is 2640. The fourth-order valence-corrected chi connectivity index (χ4v) is 11.6. The van der Waals surface area contributed by atoms with Gasteiger partial charge in [-0.1, -0.05) is 88.4 Å². The molecule has 430 valence electrons. The molecule has 23 heteroatoms. The largest absolute Gasteiger partial charge is 0.444 e. The highest BCUT2D eigenvalue weighted by Crippen LogP contribution is 2.23. The number of rotatable bonds is 28. The minimum atomic E-state index is -4.05. The first kappa shape index (κ1) is 63.1. The van der Waals surface area contributed by atoms with E-state index in [4.69, 9.17) is 34.2 Å². The van der Waals surface area contributed by atoms with Crippen LogP contribution < -0.4 is 21.7 Å². The van der Waals surface area contributed by atoms with E-state index in [0.29, 0.717) is 63.7 Å². The summed E-state index contributed by atoms with van der Waals surface area (Å²) in [6.07, 6.45) is -2.76. The minimum Gasteiger partial charge on any atom is -0.444 e. The van der Waals surface area contributed by atoms with Crippen molar-refractivity contribution < 1.29 is 69.9 Å². The lowest BCUT2D eigenvalue weighted by Crippen LogP contribution is -2.51. The number of nitrogen functional groups attached to an aromatic ring is 1. The number of methoxy groups -OCH3 is 1. The van der Waals surface area contributed by atoms with Gasteiger partial charge in [-0.2, -0.15) is 8.61 Å². The Hall–Kier alpha value is -5.73. The van der Waals surface area contributed by atoms with Gasteiger partial charge in [0, 0.05) is 57.5 Å². The Morgan fingerprint density at radius 2 is 1.05 bits per heavy atom. The van der Waals surface area contributed by atoms with E-state index in [-0.39, 0.29) is 85.6 Å². The van der Waals surface area contributed by atoms with Crippen molar-refractivity contribution in [1.82, 2.24) is 19.2 Å². The molecule has 0 radical (unpaired) electrons. The van der Waals surface area contributed by atoms with Crippen LogP contribution in [-0.4, -0.2) is 170 Å². The van der Waals surface area contributed by atoms with Gasteiger partial charge in [-0.05, 0) is 84.3 Å². The molecule has 4 aromatic carbocycles. The predicted molar refractivity (Wildman–Crippen MR) is 293 cm³/mol. The summed E-state index contributed by atoms with van der Waals surface area (Å²) in [5.41, 5.74) is 8.33. The molecule has 4 aromatic rings. The summed E-state index contributed by atoms with van der Waals surface area (Å²) in [6, 6.07) is 28.8. The molecule has 2 fully saturated rings. The number of hydrogen-bond acceptors (Lipinski definition) is 16. The maximum Gasteiger partial charge on any atom is 0.407 e. The zero-order valence-electron chi connectivity index (χ0n) is 45.1. The maximum atomic E-state index is 13.7. The van der Waals surface area contributed by atoms with Crippen LogP contribution in [0.5, 0.6) is 0 Å². The molecule has 78 heavy (non-hydrogen) atoms. The van der Waals surface area contributed by atoms with Gasteiger partial charge < -0.3 is 60.3 Å². The topological polar surface area (TPSA) is 284 Å². The Labute approximate surface area is 459 Å². The predicted octanol–water partition coefficient (Wildman–Crippen LogP) is 4.82. The van der Waals surface area contributed by atoms with Crippen LogP contribution in [0.25, 0.3) is 0 Å². The number of carbonyl (C=O) groups is 3. The van der Waals surface area contributed by atoms with E-state index < -0.39 is 56.5 Å². The SMILES string of the molecule is CC(C)CN(C[C@@H](O)[C@H](Cc1ccccc1)NC(=O)O[C@H]1CCOC1)S(=O)(=O)c1ccc(N)cc1.COCCOCC(=O)Nc1ccc(S(=O)(=O)N(CC(C)C)CC(O)[C@H](Cc2ccccc2)NC(=O)OC2CCOC2)cc1. The van der Waals surface area contributed by atoms with Crippen LogP contribution >= 0.6 is 0 Å². The number of nitrogens with one attached hydrogen (secondary N) is 3.